The minimum absolute atomic E-state index is 0.743. The normalized spacial score (nSPS) is 15.2. The average molecular weight is 358 g/mol. The standard InChI is InChI=1S/C20H31N5O/c1-17-22-20(24(2)23-17)21-11-4-7-14-26-19-10-8-9-18(15-19)16-25-12-5-3-6-13-25/h8-10,15H,3-7,11-14,16H2,1-2H3,(H,21,22,23). The van der Waals surface area contributed by atoms with Crippen molar-refractivity contribution in [1.29, 1.82) is 0 Å². The van der Waals surface area contributed by atoms with Crippen molar-refractivity contribution in [3.05, 3.63) is 35.7 Å². The molecule has 1 saturated heterocycles. The minimum atomic E-state index is 0.743. The molecule has 6 nitrogen and oxygen atoms in total. The summed E-state index contributed by atoms with van der Waals surface area (Å²) in [4.78, 5) is 6.88. The first-order valence-electron chi connectivity index (χ1n) is 9.76. The van der Waals surface area contributed by atoms with Gasteiger partial charge in [-0.1, -0.05) is 18.6 Å². The molecular weight excluding hydrogens is 326 g/mol. The highest BCUT2D eigenvalue weighted by Gasteiger charge is 2.10. The minimum Gasteiger partial charge on any atom is -0.494 e. The van der Waals surface area contributed by atoms with Crippen molar-refractivity contribution in [2.45, 2.75) is 45.6 Å². The van der Waals surface area contributed by atoms with E-state index in [9.17, 15) is 0 Å². The number of ether oxygens (including phenoxy) is 1. The van der Waals surface area contributed by atoms with Gasteiger partial charge >= 0.3 is 0 Å². The second-order valence-electron chi connectivity index (χ2n) is 7.07. The number of hydrogen-bond acceptors (Lipinski definition) is 5. The van der Waals surface area contributed by atoms with E-state index in [1.165, 1.54) is 37.9 Å². The molecule has 6 heteroatoms. The molecule has 1 N–H and O–H groups in total. The molecule has 26 heavy (non-hydrogen) atoms. The van der Waals surface area contributed by atoms with E-state index in [0.29, 0.717) is 0 Å². The maximum atomic E-state index is 5.94. The van der Waals surface area contributed by atoms with Crippen LogP contribution in [0.5, 0.6) is 5.75 Å². The van der Waals surface area contributed by atoms with Crippen LogP contribution in [0, 0.1) is 6.92 Å². The van der Waals surface area contributed by atoms with Crippen molar-refractivity contribution < 1.29 is 4.74 Å². The summed E-state index contributed by atoms with van der Waals surface area (Å²) in [6, 6.07) is 8.55. The molecule has 0 saturated carbocycles. The van der Waals surface area contributed by atoms with Gasteiger partial charge in [-0.2, -0.15) is 10.1 Å². The molecule has 0 atom stereocenters. The van der Waals surface area contributed by atoms with Gasteiger partial charge in [0, 0.05) is 20.1 Å². The van der Waals surface area contributed by atoms with E-state index < -0.39 is 0 Å². The van der Waals surface area contributed by atoms with Crippen molar-refractivity contribution in [2.24, 2.45) is 7.05 Å². The van der Waals surface area contributed by atoms with E-state index in [1.54, 1.807) is 4.68 Å². The van der Waals surface area contributed by atoms with Gasteiger partial charge in [-0.3, -0.25) is 4.90 Å². The quantitative estimate of drug-likeness (QED) is 0.697. The molecule has 142 valence electrons. The molecule has 1 aliphatic rings. The van der Waals surface area contributed by atoms with E-state index in [0.717, 1.165) is 50.1 Å². The van der Waals surface area contributed by atoms with Crippen molar-refractivity contribution in [3.63, 3.8) is 0 Å². The molecule has 0 amide bonds. The number of nitrogens with zero attached hydrogens (tertiary/aromatic N) is 4. The highest BCUT2D eigenvalue weighted by molar-refractivity contribution is 5.28. The molecule has 2 aromatic rings. The number of rotatable bonds is 9. The van der Waals surface area contributed by atoms with Crippen molar-refractivity contribution in [2.75, 3.05) is 31.6 Å². The molecule has 3 rings (SSSR count). The molecular formula is C20H31N5O. The fourth-order valence-corrected chi connectivity index (χ4v) is 3.39. The maximum Gasteiger partial charge on any atom is 0.221 e. The Hall–Kier alpha value is -2.08. The first-order chi connectivity index (χ1) is 12.7. The molecule has 2 heterocycles. The van der Waals surface area contributed by atoms with Crippen LogP contribution in [0.2, 0.25) is 0 Å². The Bertz CT molecular complexity index is 679. The highest BCUT2D eigenvalue weighted by atomic mass is 16.5. The molecule has 1 aliphatic heterocycles. The third-order valence-corrected chi connectivity index (χ3v) is 4.75. The van der Waals surface area contributed by atoms with Crippen LogP contribution in [0.25, 0.3) is 0 Å². The zero-order chi connectivity index (χ0) is 18.2. The number of hydrogen-bond donors (Lipinski definition) is 1. The van der Waals surface area contributed by atoms with Gasteiger partial charge in [0.15, 0.2) is 0 Å². The van der Waals surface area contributed by atoms with E-state index >= 15 is 0 Å². The van der Waals surface area contributed by atoms with E-state index in [1.807, 2.05) is 14.0 Å². The lowest BCUT2D eigenvalue weighted by Crippen LogP contribution is -2.29. The van der Waals surface area contributed by atoms with Crippen molar-refractivity contribution in [3.8, 4) is 5.75 Å². The van der Waals surface area contributed by atoms with Crippen LogP contribution < -0.4 is 10.1 Å². The number of unbranched alkanes of at least 4 members (excludes halogenated alkanes) is 1. The maximum absolute atomic E-state index is 5.94. The molecule has 1 fully saturated rings. The molecule has 0 aliphatic carbocycles. The van der Waals surface area contributed by atoms with Crippen LogP contribution in [0.1, 0.15) is 43.5 Å². The van der Waals surface area contributed by atoms with Gasteiger partial charge in [-0.05, 0) is 63.4 Å². The van der Waals surface area contributed by atoms with Crippen LogP contribution >= 0.6 is 0 Å². The Balaban J connectivity index is 1.34. The lowest BCUT2D eigenvalue weighted by atomic mass is 10.1. The largest absolute Gasteiger partial charge is 0.494 e. The van der Waals surface area contributed by atoms with Crippen molar-refractivity contribution in [1.82, 2.24) is 19.7 Å². The Morgan fingerprint density at radius 1 is 1.15 bits per heavy atom. The monoisotopic (exact) mass is 357 g/mol. The third-order valence-electron chi connectivity index (χ3n) is 4.75. The summed E-state index contributed by atoms with van der Waals surface area (Å²) in [6.07, 6.45) is 6.10. The van der Waals surface area contributed by atoms with Crippen LogP contribution in [0.4, 0.5) is 5.95 Å². The topological polar surface area (TPSA) is 55.2 Å². The number of aromatic nitrogens is 3. The molecule has 0 unspecified atom stereocenters. The fraction of sp³-hybridized carbons (Fsp3) is 0.600. The van der Waals surface area contributed by atoms with Crippen LogP contribution in [0.15, 0.2) is 24.3 Å². The summed E-state index contributed by atoms with van der Waals surface area (Å²) >= 11 is 0. The van der Waals surface area contributed by atoms with Gasteiger partial charge in [0.05, 0.1) is 6.61 Å². The summed E-state index contributed by atoms with van der Waals surface area (Å²) in [5, 5.41) is 7.55. The summed E-state index contributed by atoms with van der Waals surface area (Å²) in [5.74, 6) is 2.60. The Labute approximate surface area is 156 Å². The zero-order valence-corrected chi connectivity index (χ0v) is 16.1. The number of piperidine rings is 1. The summed E-state index contributed by atoms with van der Waals surface area (Å²) < 4.78 is 7.71. The Morgan fingerprint density at radius 2 is 2.00 bits per heavy atom. The van der Waals surface area contributed by atoms with Crippen LogP contribution in [0.3, 0.4) is 0 Å². The lowest BCUT2D eigenvalue weighted by molar-refractivity contribution is 0.220. The molecule has 0 radical (unpaired) electrons. The van der Waals surface area contributed by atoms with Gasteiger partial charge < -0.3 is 10.1 Å². The average Bonchev–Trinajstić information content (AvgIpc) is 2.96. The van der Waals surface area contributed by atoms with E-state index in [4.69, 9.17) is 4.74 Å². The predicted octanol–water partition coefficient (Wildman–Crippen LogP) is 3.38. The number of likely N-dealkylation sites (tertiary alicyclic amines) is 1. The molecule has 0 bridgehead atoms. The van der Waals surface area contributed by atoms with Gasteiger partial charge in [-0.25, -0.2) is 4.68 Å². The number of nitrogens with one attached hydrogen (secondary N) is 1. The number of aryl methyl sites for hydroxylation is 2. The number of anilines is 1. The van der Waals surface area contributed by atoms with Gasteiger partial charge in [0.2, 0.25) is 5.95 Å². The van der Waals surface area contributed by atoms with Crippen LogP contribution in [-0.2, 0) is 13.6 Å². The van der Waals surface area contributed by atoms with Crippen LogP contribution in [-0.4, -0.2) is 45.9 Å². The lowest BCUT2D eigenvalue weighted by Gasteiger charge is -2.26. The Kier molecular flexibility index (Phi) is 6.89. The number of benzene rings is 1. The Morgan fingerprint density at radius 3 is 2.77 bits per heavy atom. The fourth-order valence-electron chi connectivity index (χ4n) is 3.39. The van der Waals surface area contributed by atoms with E-state index in [-0.39, 0.29) is 0 Å². The molecule has 0 spiro atoms. The SMILES string of the molecule is Cc1nc(NCCCCOc2cccc(CN3CCCCC3)c2)n(C)n1. The summed E-state index contributed by atoms with van der Waals surface area (Å²) in [6.45, 7) is 7.01. The third kappa shape index (κ3) is 5.73. The predicted molar refractivity (Wildman–Crippen MR) is 105 cm³/mol. The summed E-state index contributed by atoms with van der Waals surface area (Å²) in [5.41, 5.74) is 1.35. The second kappa shape index (κ2) is 9.57. The smallest absolute Gasteiger partial charge is 0.221 e. The molecule has 1 aromatic carbocycles. The highest BCUT2D eigenvalue weighted by Crippen LogP contribution is 2.18. The van der Waals surface area contributed by atoms with Crippen molar-refractivity contribution >= 4 is 5.95 Å². The van der Waals surface area contributed by atoms with Gasteiger partial charge in [0.1, 0.15) is 11.6 Å². The van der Waals surface area contributed by atoms with Gasteiger partial charge in [0.25, 0.3) is 0 Å². The second-order valence-corrected chi connectivity index (χ2v) is 7.07. The summed E-state index contributed by atoms with van der Waals surface area (Å²) in [7, 11) is 1.91. The van der Waals surface area contributed by atoms with E-state index in [2.05, 4.69) is 44.6 Å². The van der Waals surface area contributed by atoms with Gasteiger partial charge in [-0.15, -0.1) is 0 Å². The first kappa shape index (κ1) is 18.7. The molecule has 1 aromatic heterocycles. The zero-order valence-electron chi connectivity index (χ0n) is 16.1. The first-order valence-corrected chi connectivity index (χ1v) is 9.76.